The maximum atomic E-state index is 13.1. The van der Waals surface area contributed by atoms with Crippen molar-refractivity contribution >= 4 is 52.5 Å². The van der Waals surface area contributed by atoms with Crippen LogP contribution in [0.25, 0.3) is 17.4 Å². The zero-order chi connectivity index (χ0) is 18.7. The first-order chi connectivity index (χ1) is 12.4. The molecule has 1 amide bonds. The smallest absolute Gasteiger partial charge is 0.248 e. The van der Waals surface area contributed by atoms with E-state index in [0.717, 1.165) is 0 Å². The molecule has 0 atom stereocenters. The number of amides is 1. The highest BCUT2D eigenvalue weighted by Gasteiger charge is 2.09. The van der Waals surface area contributed by atoms with Crippen LogP contribution in [0.3, 0.4) is 0 Å². The lowest BCUT2D eigenvalue weighted by molar-refractivity contribution is -0.111. The summed E-state index contributed by atoms with van der Waals surface area (Å²) in [6.45, 7) is 0. The molecule has 0 saturated carbocycles. The maximum Gasteiger partial charge on any atom is 0.248 e. The van der Waals surface area contributed by atoms with Crippen molar-refractivity contribution in [1.82, 2.24) is 0 Å². The predicted octanol–water partition coefficient (Wildman–Crippen LogP) is 6.70. The fourth-order valence-electron chi connectivity index (χ4n) is 2.19. The van der Waals surface area contributed by atoms with Crippen LogP contribution in [0.2, 0.25) is 15.1 Å². The Hall–Kier alpha value is -2.27. The Labute approximate surface area is 164 Å². The average Bonchev–Trinajstić information content (AvgIpc) is 3.05. The summed E-state index contributed by atoms with van der Waals surface area (Å²) < 4.78 is 18.8. The summed E-state index contributed by atoms with van der Waals surface area (Å²) in [5.74, 6) is 0.0645. The molecular formula is C19H11Cl3FNO2. The molecule has 1 N–H and O–H groups in total. The summed E-state index contributed by atoms with van der Waals surface area (Å²) in [4.78, 5) is 11.9. The van der Waals surface area contributed by atoms with Crippen molar-refractivity contribution in [2.75, 3.05) is 5.32 Å². The van der Waals surface area contributed by atoms with Crippen LogP contribution in [0.1, 0.15) is 5.76 Å². The number of furan rings is 1. The maximum absolute atomic E-state index is 13.1. The number of carbonyl (C=O) groups is 1. The van der Waals surface area contributed by atoms with Crippen LogP contribution in [0.5, 0.6) is 0 Å². The predicted molar refractivity (Wildman–Crippen MR) is 103 cm³/mol. The van der Waals surface area contributed by atoms with E-state index in [1.807, 2.05) is 0 Å². The van der Waals surface area contributed by atoms with Crippen molar-refractivity contribution < 1.29 is 13.6 Å². The summed E-state index contributed by atoms with van der Waals surface area (Å²) in [6, 6.07) is 12.5. The van der Waals surface area contributed by atoms with Gasteiger partial charge >= 0.3 is 0 Å². The molecule has 0 unspecified atom stereocenters. The molecule has 0 saturated heterocycles. The minimum absolute atomic E-state index is 0.0673. The van der Waals surface area contributed by atoms with E-state index in [9.17, 15) is 9.18 Å². The third kappa shape index (κ3) is 4.47. The van der Waals surface area contributed by atoms with E-state index in [4.69, 9.17) is 39.2 Å². The largest absolute Gasteiger partial charge is 0.457 e. The first-order valence-electron chi connectivity index (χ1n) is 7.42. The molecule has 1 heterocycles. The standard InChI is InChI=1S/C19H11Cl3FNO2/c20-11-1-5-14(15(21)9-11)18-7-3-13(26-18)4-8-19(25)24-12-2-6-17(23)16(22)10-12/h1-10H,(H,24,25)/b8-4+. The first-order valence-corrected chi connectivity index (χ1v) is 8.55. The molecule has 0 aliphatic heterocycles. The molecule has 3 rings (SSSR count). The van der Waals surface area contributed by atoms with E-state index in [0.29, 0.717) is 32.8 Å². The third-order valence-electron chi connectivity index (χ3n) is 3.41. The second-order valence-electron chi connectivity index (χ2n) is 5.28. The Kier molecular flexibility index (Phi) is 5.67. The number of nitrogens with one attached hydrogen (secondary N) is 1. The molecule has 0 fully saturated rings. The third-order valence-corrected chi connectivity index (χ3v) is 4.25. The van der Waals surface area contributed by atoms with E-state index in [1.54, 1.807) is 30.3 Å². The highest BCUT2D eigenvalue weighted by atomic mass is 35.5. The van der Waals surface area contributed by atoms with Crippen LogP contribution >= 0.6 is 34.8 Å². The van der Waals surface area contributed by atoms with Gasteiger partial charge in [-0.3, -0.25) is 4.79 Å². The Morgan fingerprint density at radius 3 is 2.54 bits per heavy atom. The number of hydrogen-bond donors (Lipinski definition) is 1. The molecule has 0 aliphatic rings. The molecule has 3 nitrogen and oxygen atoms in total. The van der Waals surface area contributed by atoms with Crippen LogP contribution < -0.4 is 5.32 Å². The molecule has 3 aromatic rings. The van der Waals surface area contributed by atoms with Gasteiger partial charge in [0, 0.05) is 22.3 Å². The van der Waals surface area contributed by atoms with Crippen LogP contribution in [-0.4, -0.2) is 5.91 Å². The van der Waals surface area contributed by atoms with E-state index < -0.39 is 11.7 Å². The van der Waals surface area contributed by atoms with Crippen LogP contribution in [0, 0.1) is 5.82 Å². The van der Waals surface area contributed by atoms with E-state index in [1.165, 1.54) is 30.4 Å². The van der Waals surface area contributed by atoms with Gasteiger partial charge in [-0.2, -0.15) is 0 Å². The number of benzene rings is 2. The van der Waals surface area contributed by atoms with Crippen molar-refractivity contribution in [2.24, 2.45) is 0 Å². The Bertz CT molecular complexity index is 998. The Morgan fingerprint density at radius 2 is 1.81 bits per heavy atom. The Morgan fingerprint density at radius 1 is 1.00 bits per heavy atom. The molecule has 0 aliphatic carbocycles. The van der Waals surface area contributed by atoms with Gasteiger partial charge in [-0.25, -0.2) is 4.39 Å². The molecule has 2 aromatic carbocycles. The van der Waals surface area contributed by atoms with Crippen molar-refractivity contribution in [3.8, 4) is 11.3 Å². The molecule has 26 heavy (non-hydrogen) atoms. The van der Waals surface area contributed by atoms with Gasteiger partial charge in [0.1, 0.15) is 17.3 Å². The quantitative estimate of drug-likeness (QED) is 0.486. The number of rotatable bonds is 4. The molecule has 7 heteroatoms. The lowest BCUT2D eigenvalue weighted by Gasteiger charge is -2.03. The van der Waals surface area contributed by atoms with E-state index in [2.05, 4.69) is 5.32 Å². The summed E-state index contributed by atoms with van der Waals surface area (Å²) in [7, 11) is 0. The van der Waals surface area contributed by atoms with Crippen molar-refractivity contribution in [3.63, 3.8) is 0 Å². The van der Waals surface area contributed by atoms with E-state index >= 15 is 0 Å². The lowest BCUT2D eigenvalue weighted by Crippen LogP contribution is -2.07. The second-order valence-corrected chi connectivity index (χ2v) is 6.53. The lowest BCUT2D eigenvalue weighted by atomic mass is 10.2. The second kappa shape index (κ2) is 7.96. The van der Waals surface area contributed by atoms with Crippen molar-refractivity contribution in [3.05, 3.63) is 81.3 Å². The summed E-state index contributed by atoms with van der Waals surface area (Å²) in [5, 5.41) is 3.51. The van der Waals surface area contributed by atoms with Crippen molar-refractivity contribution in [2.45, 2.75) is 0 Å². The van der Waals surface area contributed by atoms with Crippen molar-refractivity contribution in [1.29, 1.82) is 0 Å². The highest BCUT2D eigenvalue weighted by molar-refractivity contribution is 6.36. The van der Waals surface area contributed by atoms with Gasteiger partial charge in [0.2, 0.25) is 5.91 Å². The van der Waals surface area contributed by atoms with Gasteiger partial charge in [-0.05, 0) is 54.6 Å². The van der Waals surface area contributed by atoms with Gasteiger partial charge in [0.15, 0.2) is 0 Å². The summed E-state index contributed by atoms with van der Waals surface area (Å²) in [5.41, 5.74) is 1.08. The summed E-state index contributed by atoms with van der Waals surface area (Å²) >= 11 is 17.7. The molecular weight excluding hydrogens is 400 g/mol. The average molecular weight is 411 g/mol. The van der Waals surface area contributed by atoms with Crippen LogP contribution in [-0.2, 0) is 4.79 Å². The highest BCUT2D eigenvalue weighted by Crippen LogP contribution is 2.31. The monoisotopic (exact) mass is 409 g/mol. The SMILES string of the molecule is O=C(/C=C/c1ccc(-c2ccc(Cl)cc2Cl)o1)Nc1ccc(F)c(Cl)c1. The van der Waals surface area contributed by atoms with Gasteiger partial charge in [0.05, 0.1) is 10.0 Å². The normalized spacial score (nSPS) is 11.1. The zero-order valence-electron chi connectivity index (χ0n) is 13.1. The van der Waals surface area contributed by atoms with Gasteiger partial charge in [-0.1, -0.05) is 34.8 Å². The van der Waals surface area contributed by atoms with Gasteiger partial charge in [0.25, 0.3) is 0 Å². The molecule has 1 aromatic heterocycles. The number of carbonyl (C=O) groups excluding carboxylic acids is 1. The molecule has 132 valence electrons. The zero-order valence-corrected chi connectivity index (χ0v) is 15.4. The fourth-order valence-corrected chi connectivity index (χ4v) is 2.87. The number of halogens is 4. The molecule has 0 bridgehead atoms. The summed E-state index contributed by atoms with van der Waals surface area (Å²) in [6.07, 6.45) is 2.80. The minimum Gasteiger partial charge on any atom is -0.457 e. The minimum atomic E-state index is -0.552. The first kappa shape index (κ1) is 18.5. The van der Waals surface area contributed by atoms with Gasteiger partial charge < -0.3 is 9.73 Å². The fraction of sp³-hybridized carbons (Fsp3) is 0. The van der Waals surface area contributed by atoms with Crippen LogP contribution in [0.15, 0.2) is 59.0 Å². The topological polar surface area (TPSA) is 42.2 Å². The van der Waals surface area contributed by atoms with Gasteiger partial charge in [-0.15, -0.1) is 0 Å². The van der Waals surface area contributed by atoms with Crippen LogP contribution in [0.4, 0.5) is 10.1 Å². The Balaban J connectivity index is 1.70. The molecule has 0 radical (unpaired) electrons. The molecule has 0 spiro atoms. The van der Waals surface area contributed by atoms with E-state index in [-0.39, 0.29) is 5.02 Å². The number of anilines is 1. The number of hydrogen-bond acceptors (Lipinski definition) is 2.